The Morgan fingerprint density at radius 1 is 1.13 bits per heavy atom. The second-order valence-electron chi connectivity index (χ2n) is 10.9. The fourth-order valence-electron chi connectivity index (χ4n) is 4.45. The molecule has 2 aliphatic rings. The van der Waals surface area contributed by atoms with Crippen LogP contribution in [-0.4, -0.2) is 65.2 Å². The van der Waals surface area contributed by atoms with Crippen LogP contribution >= 0.6 is 0 Å². The standard InChI is InChI=1S/C28H34N6O4/c1-28(2,3)24-13-25(33-38-24)32-26(35)12-18-4-6-19(7-5-18)31-27(36)23-9-8-21(16-30-23)37-22-10-11-34(17-22)20-14-29-15-20/h4-9,13,16,20,22,29H,10-12,14-15,17H2,1-3H3,(H,31,36)(H,32,33,35). The van der Waals surface area contributed by atoms with Crippen LogP contribution in [0.4, 0.5) is 11.5 Å². The van der Waals surface area contributed by atoms with Gasteiger partial charge in [0.2, 0.25) is 5.91 Å². The zero-order chi connectivity index (χ0) is 26.7. The van der Waals surface area contributed by atoms with Crippen molar-refractivity contribution >= 4 is 23.3 Å². The van der Waals surface area contributed by atoms with Gasteiger partial charge in [-0.2, -0.15) is 0 Å². The number of nitrogens with zero attached hydrogens (tertiary/aromatic N) is 3. The molecule has 2 aromatic heterocycles. The van der Waals surface area contributed by atoms with Gasteiger partial charge in [0.15, 0.2) is 5.82 Å². The van der Waals surface area contributed by atoms with E-state index in [-0.39, 0.29) is 29.8 Å². The summed E-state index contributed by atoms with van der Waals surface area (Å²) < 4.78 is 11.4. The van der Waals surface area contributed by atoms with Gasteiger partial charge in [-0.25, -0.2) is 4.98 Å². The fourth-order valence-corrected chi connectivity index (χ4v) is 4.45. The van der Waals surface area contributed by atoms with Gasteiger partial charge in [-0.3, -0.25) is 14.5 Å². The molecule has 5 rings (SSSR count). The van der Waals surface area contributed by atoms with Crippen molar-refractivity contribution in [3.63, 3.8) is 0 Å². The van der Waals surface area contributed by atoms with E-state index in [2.05, 4.69) is 31.0 Å². The van der Waals surface area contributed by atoms with Gasteiger partial charge in [-0.05, 0) is 36.2 Å². The molecule has 2 saturated heterocycles. The summed E-state index contributed by atoms with van der Waals surface area (Å²) in [7, 11) is 0. The summed E-state index contributed by atoms with van der Waals surface area (Å²) in [6.45, 7) is 10.1. The minimum atomic E-state index is -0.313. The minimum Gasteiger partial charge on any atom is -0.487 e. The molecule has 2 fully saturated rings. The molecule has 200 valence electrons. The van der Waals surface area contributed by atoms with Crippen LogP contribution in [-0.2, 0) is 16.6 Å². The number of pyridine rings is 1. The van der Waals surface area contributed by atoms with Crippen LogP contribution in [0.15, 0.2) is 53.2 Å². The third-order valence-electron chi connectivity index (χ3n) is 6.82. The summed E-state index contributed by atoms with van der Waals surface area (Å²) in [5.74, 6) is 1.25. The predicted octanol–water partition coefficient (Wildman–Crippen LogP) is 3.23. The molecule has 0 radical (unpaired) electrons. The number of likely N-dealkylation sites (tertiary alicyclic amines) is 1. The number of benzene rings is 1. The smallest absolute Gasteiger partial charge is 0.274 e. The molecule has 1 aromatic carbocycles. The van der Waals surface area contributed by atoms with Crippen LogP contribution in [0.1, 0.15) is 49.0 Å². The van der Waals surface area contributed by atoms with Crippen molar-refractivity contribution in [1.29, 1.82) is 0 Å². The summed E-state index contributed by atoms with van der Waals surface area (Å²) in [6, 6.07) is 12.9. The Bertz CT molecular complexity index is 1260. The highest BCUT2D eigenvalue weighted by Gasteiger charge is 2.32. The van der Waals surface area contributed by atoms with Gasteiger partial charge in [-0.1, -0.05) is 38.1 Å². The van der Waals surface area contributed by atoms with Gasteiger partial charge in [0, 0.05) is 49.4 Å². The summed E-state index contributed by atoms with van der Waals surface area (Å²) in [4.78, 5) is 31.8. The van der Waals surface area contributed by atoms with Crippen LogP contribution in [0.2, 0.25) is 0 Å². The molecule has 2 aliphatic heterocycles. The Labute approximate surface area is 222 Å². The van der Waals surface area contributed by atoms with E-state index >= 15 is 0 Å². The average Bonchev–Trinajstić information content (AvgIpc) is 3.49. The number of hydrogen-bond acceptors (Lipinski definition) is 8. The third-order valence-corrected chi connectivity index (χ3v) is 6.82. The van der Waals surface area contributed by atoms with E-state index in [4.69, 9.17) is 9.26 Å². The zero-order valence-corrected chi connectivity index (χ0v) is 22.0. The highest BCUT2D eigenvalue weighted by atomic mass is 16.5. The summed E-state index contributed by atoms with van der Waals surface area (Å²) >= 11 is 0. The second kappa shape index (κ2) is 10.9. The Balaban J connectivity index is 1.08. The van der Waals surface area contributed by atoms with E-state index in [9.17, 15) is 9.59 Å². The maximum atomic E-state index is 12.7. The number of nitrogens with one attached hydrogen (secondary N) is 3. The van der Waals surface area contributed by atoms with Gasteiger partial charge in [0.25, 0.3) is 5.91 Å². The lowest BCUT2D eigenvalue weighted by molar-refractivity contribution is -0.115. The van der Waals surface area contributed by atoms with Crippen molar-refractivity contribution in [2.45, 2.75) is 51.2 Å². The number of anilines is 2. The quantitative estimate of drug-likeness (QED) is 0.416. The van der Waals surface area contributed by atoms with Crippen LogP contribution in [0.25, 0.3) is 0 Å². The topological polar surface area (TPSA) is 122 Å². The molecule has 1 atom stereocenters. The summed E-state index contributed by atoms with van der Waals surface area (Å²) in [5, 5.41) is 12.8. The highest BCUT2D eigenvalue weighted by Crippen LogP contribution is 2.25. The van der Waals surface area contributed by atoms with E-state index in [1.807, 2.05) is 20.8 Å². The van der Waals surface area contributed by atoms with Gasteiger partial charge in [0.05, 0.1) is 12.6 Å². The van der Waals surface area contributed by atoms with Crippen molar-refractivity contribution in [3.05, 3.63) is 65.7 Å². The molecule has 3 N–H and O–H groups in total. The van der Waals surface area contributed by atoms with E-state index in [0.29, 0.717) is 34.8 Å². The zero-order valence-electron chi connectivity index (χ0n) is 22.0. The Kier molecular flexibility index (Phi) is 7.44. The lowest BCUT2D eigenvalue weighted by Gasteiger charge is -2.35. The number of amides is 2. The second-order valence-corrected chi connectivity index (χ2v) is 10.9. The molecule has 10 heteroatoms. The molecule has 0 bridgehead atoms. The molecule has 0 spiro atoms. The molecule has 4 heterocycles. The Morgan fingerprint density at radius 3 is 2.55 bits per heavy atom. The SMILES string of the molecule is CC(C)(C)c1cc(NC(=O)Cc2ccc(NC(=O)c3ccc(OC4CCN(C5CNC5)C4)cn3)cc2)no1. The Morgan fingerprint density at radius 2 is 1.92 bits per heavy atom. The molecular formula is C28H34N6O4. The number of aromatic nitrogens is 2. The molecule has 2 amide bonds. The van der Waals surface area contributed by atoms with Crippen LogP contribution in [0.5, 0.6) is 5.75 Å². The molecule has 3 aromatic rings. The molecule has 10 nitrogen and oxygen atoms in total. The lowest BCUT2D eigenvalue weighted by Crippen LogP contribution is -2.56. The van der Waals surface area contributed by atoms with Gasteiger partial charge >= 0.3 is 0 Å². The van der Waals surface area contributed by atoms with E-state index < -0.39 is 0 Å². The minimum absolute atomic E-state index is 0.148. The number of rotatable bonds is 8. The largest absolute Gasteiger partial charge is 0.487 e. The molecule has 0 saturated carbocycles. The van der Waals surface area contributed by atoms with Crippen LogP contribution < -0.4 is 20.7 Å². The first-order valence-corrected chi connectivity index (χ1v) is 13.0. The average molecular weight is 519 g/mol. The fraction of sp³-hybridized carbons (Fsp3) is 0.429. The maximum Gasteiger partial charge on any atom is 0.274 e. The first-order valence-electron chi connectivity index (χ1n) is 13.0. The molecule has 1 unspecified atom stereocenters. The van der Waals surface area contributed by atoms with Gasteiger partial charge in [0.1, 0.15) is 23.3 Å². The predicted molar refractivity (Wildman–Crippen MR) is 143 cm³/mol. The highest BCUT2D eigenvalue weighted by molar-refractivity contribution is 6.02. The van der Waals surface area contributed by atoms with Crippen molar-refractivity contribution in [3.8, 4) is 5.75 Å². The van der Waals surface area contributed by atoms with Crippen molar-refractivity contribution in [2.75, 3.05) is 36.8 Å². The lowest BCUT2D eigenvalue weighted by atomic mass is 9.93. The number of carbonyl (C=O) groups excluding carboxylic acids is 2. The van der Waals surface area contributed by atoms with Crippen molar-refractivity contribution < 1.29 is 18.8 Å². The molecule has 38 heavy (non-hydrogen) atoms. The Hall–Kier alpha value is -3.76. The molecule has 0 aliphatic carbocycles. The monoisotopic (exact) mass is 518 g/mol. The van der Waals surface area contributed by atoms with Crippen molar-refractivity contribution in [2.24, 2.45) is 0 Å². The normalized spacial score (nSPS) is 18.1. The van der Waals surface area contributed by atoms with Crippen LogP contribution in [0, 0.1) is 0 Å². The van der Waals surface area contributed by atoms with E-state index in [0.717, 1.165) is 38.2 Å². The van der Waals surface area contributed by atoms with Gasteiger partial charge in [-0.15, -0.1) is 0 Å². The maximum absolute atomic E-state index is 12.7. The number of carbonyl (C=O) groups is 2. The van der Waals surface area contributed by atoms with Gasteiger partial charge < -0.3 is 25.2 Å². The van der Waals surface area contributed by atoms with E-state index in [1.165, 1.54) is 0 Å². The van der Waals surface area contributed by atoms with E-state index in [1.54, 1.807) is 48.7 Å². The van der Waals surface area contributed by atoms with Crippen LogP contribution in [0.3, 0.4) is 0 Å². The van der Waals surface area contributed by atoms with Crippen molar-refractivity contribution in [1.82, 2.24) is 20.4 Å². The first-order chi connectivity index (χ1) is 18.2. The number of hydrogen-bond donors (Lipinski definition) is 3. The number of ether oxygens (including phenoxy) is 1. The summed E-state index contributed by atoms with van der Waals surface area (Å²) in [5.41, 5.74) is 1.53. The summed E-state index contributed by atoms with van der Waals surface area (Å²) in [6.07, 6.45) is 2.92. The molecular weight excluding hydrogens is 484 g/mol. The first kappa shape index (κ1) is 25.9. The third kappa shape index (κ3) is 6.38.